The number of pyridine rings is 1. The minimum Gasteiger partial charge on any atom is -0.488 e. The molecule has 1 aromatic carbocycles. The Morgan fingerprint density at radius 1 is 1.21 bits per heavy atom. The lowest BCUT2D eigenvalue weighted by atomic mass is 10.1. The normalized spacial score (nSPS) is 10.4. The second-order valence-corrected chi connectivity index (χ2v) is 4.33. The average molecular weight is 258 g/mol. The van der Waals surface area contributed by atoms with Gasteiger partial charge in [0.05, 0.1) is 6.61 Å². The maximum absolute atomic E-state index is 11.7. The van der Waals surface area contributed by atoms with E-state index in [0.717, 1.165) is 12.8 Å². The summed E-state index contributed by atoms with van der Waals surface area (Å²) >= 11 is 0. The van der Waals surface area contributed by atoms with Crippen LogP contribution in [-0.2, 0) is 13.0 Å². The topological polar surface area (TPSA) is 68.1 Å². The van der Waals surface area contributed by atoms with Gasteiger partial charge in [0.1, 0.15) is 0 Å². The van der Waals surface area contributed by atoms with Gasteiger partial charge in [-0.25, -0.2) is 0 Å². The number of nitrogens with two attached hydrogens (primary N) is 1. The molecule has 0 atom stereocenters. The zero-order valence-electron chi connectivity index (χ0n) is 10.8. The van der Waals surface area contributed by atoms with Crippen molar-refractivity contribution in [3.63, 3.8) is 0 Å². The molecule has 0 saturated carbocycles. The Bertz CT molecular complexity index is 564. The fourth-order valence-electron chi connectivity index (χ4n) is 1.83. The second-order valence-electron chi connectivity index (χ2n) is 4.33. The van der Waals surface area contributed by atoms with Gasteiger partial charge in [0.2, 0.25) is 5.43 Å². The summed E-state index contributed by atoms with van der Waals surface area (Å²) in [4.78, 5) is 14.6. The lowest BCUT2D eigenvalue weighted by Gasteiger charge is -2.06. The quantitative estimate of drug-likeness (QED) is 0.777. The molecule has 0 aliphatic carbocycles. The summed E-state index contributed by atoms with van der Waals surface area (Å²) in [6.07, 6.45) is 3.40. The minimum atomic E-state index is -0.126. The number of H-pyrrole nitrogens is 1. The van der Waals surface area contributed by atoms with Crippen molar-refractivity contribution in [1.82, 2.24) is 4.98 Å². The van der Waals surface area contributed by atoms with Crippen LogP contribution >= 0.6 is 0 Å². The molecular weight excluding hydrogens is 240 g/mol. The summed E-state index contributed by atoms with van der Waals surface area (Å²) in [6.45, 7) is 0.851. The Morgan fingerprint density at radius 2 is 2.00 bits per heavy atom. The van der Waals surface area contributed by atoms with E-state index in [-0.39, 0.29) is 5.43 Å². The van der Waals surface area contributed by atoms with Crippen LogP contribution in [-0.4, -0.2) is 11.6 Å². The molecule has 19 heavy (non-hydrogen) atoms. The van der Waals surface area contributed by atoms with E-state index in [4.69, 9.17) is 10.5 Å². The number of aromatic amines is 1. The SMILES string of the molecule is NCc1cc(=O)c(OCCCc2ccccc2)c[nH]1. The fraction of sp³-hybridized carbons (Fsp3) is 0.267. The molecule has 0 spiro atoms. The first-order valence-electron chi connectivity index (χ1n) is 6.38. The van der Waals surface area contributed by atoms with Crippen LogP contribution in [0, 0.1) is 0 Å². The van der Waals surface area contributed by atoms with Crippen LogP contribution in [0.1, 0.15) is 17.7 Å². The molecule has 0 amide bonds. The first kappa shape index (κ1) is 13.4. The first-order chi connectivity index (χ1) is 9.29. The lowest BCUT2D eigenvalue weighted by molar-refractivity contribution is 0.307. The lowest BCUT2D eigenvalue weighted by Crippen LogP contribution is -2.12. The number of nitrogens with one attached hydrogen (secondary N) is 1. The zero-order valence-corrected chi connectivity index (χ0v) is 10.8. The Hall–Kier alpha value is -2.07. The van der Waals surface area contributed by atoms with Gasteiger partial charge in [-0.05, 0) is 18.4 Å². The molecule has 0 aliphatic rings. The van der Waals surface area contributed by atoms with Crippen molar-refractivity contribution in [3.05, 3.63) is 64.1 Å². The van der Waals surface area contributed by atoms with Crippen LogP contribution < -0.4 is 15.9 Å². The first-order valence-corrected chi connectivity index (χ1v) is 6.38. The molecule has 0 radical (unpaired) electrons. The maximum Gasteiger partial charge on any atom is 0.223 e. The largest absolute Gasteiger partial charge is 0.488 e. The van der Waals surface area contributed by atoms with Crippen LogP contribution in [0.3, 0.4) is 0 Å². The average Bonchev–Trinajstić information content (AvgIpc) is 2.46. The van der Waals surface area contributed by atoms with Crippen molar-refractivity contribution in [3.8, 4) is 5.75 Å². The van der Waals surface area contributed by atoms with E-state index in [1.54, 1.807) is 6.20 Å². The number of aryl methyl sites for hydroxylation is 1. The summed E-state index contributed by atoms with van der Waals surface area (Å²) in [5.41, 5.74) is 7.30. The van der Waals surface area contributed by atoms with Crippen LogP contribution in [0.5, 0.6) is 5.75 Å². The van der Waals surface area contributed by atoms with E-state index < -0.39 is 0 Å². The molecule has 3 N–H and O–H groups in total. The standard InChI is InChI=1S/C15H18N2O2/c16-10-13-9-14(18)15(11-17-13)19-8-4-7-12-5-2-1-3-6-12/h1-3,5-6,9,11H,4,7-8,10,16H2,(H,17,18). The molecule has 0 aliphatic heterocycles. The Balaban J connectivity index is 1.81. The molecule has 100 valence electrons. The highest BCUT2D eigenvalue weighted by Crippen LogP contribution is 2.05. The Kier molecular flexibility index (Phi) is 4.75. The third-order valence-electron chi connectivity index (χ3n) is 2.87. The van der Waals surface area contributed by atoms with E-state index in [1.165, 1.54) is 11.6 Å². The van der Waals surface area contributed by atoms with Gasteiger partial charge in [-0.2, -0.15) is 0 Å². The Labute approximate surface area is 112 Å². The van der Waals surface area contributed by atoms with Gasteiger partial charge >= 0.3 is 0 Å². The number of aromatic nitrogens is 1. The number of hydrogen-bond acceptors (Lipinski definition) is 3. The molecule has 1 aromatic heterocycles. The number of ether oxygens (including phenoxy) is 1. The molecule has 0 unspecified atom stereocenters. The molecule has 1 heterocycles. The molecule has 4 nitrogen and oxygen atoms in total. The Morgan fingerprint density at radius 3 is 2.68 bits per heavy atom. The molecule has 0 bridgehead atoms. The van der Waals surface area contributed by atoms with Crippen LogP contribution in [0.15, 0.2) is 47.4 Å². The third-order valence-corrected chi connectivity index (χ3v) is 2.87. The van der Waals surface area contributed by atoms with Crippen molar-refractivity contribution in [1.29, 1.82) is 0 Å². The summed E-state index contributed by atoms with van der Waals surface area (Å²) in [5, 5.41) is 0. The smallest absolute Gasteiger partial charge is 0.223 e. The third kappa shape index (κ3) is 3.96. The summed E-state index contributed by atoms with van der Waals surface area (Å²) in [5.74, 6) is 0.352. The molecule has 0 saturated heterocycles. The predicted octanol–water partition coefficient (Wildman–Crippen LogP) is 1.85. The highest BCUT2D eigenvalue weighted by Gasteiger charge is 2.01. The molecule has 4 heteroatoms. The van der Waals surface area contributed by atoms with Gasteiger partial charge in [-0.1, -0.05) is 30.3 Å². The van der Waals surface area contributed by atoms with Gasteiger partial charge in [0, 0.05) is 24.5 Å². The highest BCUT2D eigenvalue weighted by atomic mass is 16.5. The summed E-state index contributed by atoms with van der Waals surface area (Å²) in [6, 6.07) is 11.7. The van der Waals surface area contributed by atoms with Crippen LogP contribution in [0.4, 0.5) is 0 Å². The number of rotatable bonds is 6. The summed E-state index contributed by atoms with van der Waals surface area (Å²) in [7, 11) is 0. The maximum atomic E-state index is 11.7. The van der Waals surface area contributed by atoms with E-state index in [9.17, 15) is 4.79 Å². The monoisotopic (exact) mass is 258 g/mol. The second kappa shape index (κ2) is 6.75. The molecule has 0 fully saturated rings. The highest BCUT2D eigenvalue weighted by molar-refractivity contribution is 5.20. The van der Waals surface area contributed by atoms with E-state index in [1.807, 2.05) is 18.2 Å². The zero-order chi connectivity index (χ0) is 13.5. The molecular formula is C15H18N2O2. The number of hydrogen-bond donors (Lipinski definition) is 2. The van der Waals surface area contributed by atoms with Crippen molar-refractivity contribution in [2.75, 3.05) is 6.61 Å². The van der Waals surface area contributed by atoms with Gasteiger partial charge in [-0.15, -0.1) is 0 Å². The van der Waals surface area contributed by atoms with Crippen LogP contribution in [0.25, 0.3) is 0 Å². The van der Waals surface area contributed by atoms with E-state index in [0.29, 0.717) is 24.6 Å². The van der Waals surface area contributed by atoms with Crippen molar-refractivity contribution >= 4 is 0 Å². The van der Waals surface area contributed by atoms with Crippen molar-refractivity contribution < 1.29 is 4.74 Å². The van der Waals surface area contributed by atoms with Gasteiger partial charge in [0.25, 0.3) is 0 Å². The van der Waals surface area contributed by atoms with Gasteiger partial charge < -0.3 is 15.5 Å². The number of benzene rings is 1. The summed E-state index contributed by atoms with van der Waals surface area (Å²) < 4.78 is 5.47. The van der Waals surface area contributed by atoms with Gasteiger partial charge in [0.15, 0.2) is 5.75 Å². The van der Waals surface area contributed by atoms with E-state index in [2.05, 4.69) is 17.1 Å². The van der Waals surface area contributed by atoms with Gasteiger partial charge in [-0.3, -0.25) is 4.79 Å². The molecule has 2 aromatic rings. The van der Waals surface area contributed by atoms with Crippen molar-refractivity contribution in [2.45, 2.75) is 19.4 Å². The minimum absolute atomic E-state index is 0.126. The van der Waals surface area contributed by atoms with Crippen molar-refractivity contribution in [2.24, 2.45) is 5.73 Å². The predicted molar refractivity (Wildman–Crippen MR) is 75.2 cm³/mol. The van der Waals surface area contributed by atoms with Crippen LogP contribution in [0.2, 0.25) is 0 Å². The van der Waals surface area contributed by atoms with E-state index >= 15 is 0 Å². The molecule has 2 rings (SSSR count). The fourth-order valence-corrected chi connectivity index (χ4v) is 1.83.